The number of hydrogen-bond donors (Lipinski definition) is 4. The molecule has 320 valence electrons. The zero-order valence-corrected chi connectivity index (χ0v) is 34.8. The minimum absolute atomic E-state index is 0.0404. The number of methoxy groups -OCH3 is 2. The van der Waals surface area contributed by atoms with Crippen LogP contribution in [-0.2, 0) is 23.8 Å². The Kier molecular flexibility index (Phi) is 12.3. The zero-order chi connectivity index (χ0) is 42.6. The number of amides is 4. The van der Waals surface area contributed by atoms with Crippen molar-refractivity contribution in [2.75, 3.05) is 40.5 Å². The molecule has 4 atom stereocenters. The van der Waals surface area contributed by atoms with Gasteiger partial charge in [0.2, 0.25) is 11.8 Å². The van der Waals surface area contributed by atoms with Gasteiger partial charge in [-0.25, -0.2) is 24.5 Å². The highest BCUT2D eigenvalue weighted by molar-refractivity contribution is 5.87. The number of fused-ring (bicyclic) bond motifs is 1. The summed E-state index contributed by atoms with van der Waals surface area (Å²) in [5.74, 6) is 0.963. The fourth-order valence-electron chi connectivity index (χ4n) is 8.75. The largest absolute Gasteiger partial charge is 0.453 e. The molecule has 3 aliphatic heterocycles. The fourth-order valence-corrected chi connectivity index (χ4v) is 8.75. The highest BCUT2D eigenvalue weighted by Crippen LogP contribution is 2.36. The van der Waals surface area contributed by atoms with E-state index in [1.165, 1.54) is 14.2 Å². The Labute approximate surface area is 353 Å². The quantitative estimate of drug-likeness (QED) is 0.123. The summed E-state index contributed by atoms with van der Waals surface area (Å²) in [6.07, 6.45) is 8.62. The van der Waals surface area contributed by atoms with Crippen LogP contribution in [0.1, 0.15) is 76.1 Å². The first-order chi connectivity index (χ1) is 29.6. The average molecular weight is 833 g/mol. The van der Waals surface area contributed by atoms with Gasteiger partial charge in [0.25, 0.3) is 0 Å². The standard InChI is InChI=1S/C44H52N10O7/c1-25(2)37(51-43(57)59-3)41(55)53-17-5-7-35(53)39-46-23-33(49-39)27-11-9-26(10-12-27)32-22-45-31-21-29(13-14-30(31)48-32)34-24-47-40(50-34)36-8-6-18-54(36)42(56)38(52-44(58)60-4)28-15-19-61-20-16-28/h9-14,21-25,28,35-38H,5-8,15-20H2,1-4H3,(H,46,49)(H,47,50)(H,51,57)(H,52,58)/t35-,36-,37-,38?/m0/s1. The molecule has 3 saturated heterocycles. The lowest BCUT2D eigenvalue weighted by atomic mass is 9.90. The van der Waals surface area contributed by atoms with Crippen molar-refractivity contribution in [3.05, 3.63) is 72.7 Å². The van der Waals surface area contributed by atoms with Crippen LogP contribution < -0.4 is 10.6 Å². The van der Waals surface area contributed by atoms with Gasteiger partial charge in [-0.3, -0.25) is 14.6 Å². The molecule has 5 aromatic rings. The fraction of sp³-hybridized carbons (Fsp3) is 0.455. The number of aromatic nitrogens is 6. The van der Waals surface area contributed by atoms with E-state index in [9.17, 15) is 19.2 Å². The average Bonchev–Trinajstić information content (AvgIpc) is 4.14. The molecule has 0 aliphatic carbocycles. The van der Waals surface area contributed by atoms with Crippen LogP contribution in [0.25, 0.3) is 44.8 Å². The molecule has 61 heavy (non-hydrogen) atoms. The van der Waals surface area contributed by atoms with Crippen molar-refractivity contribution in [1.29, 1.82) is 0 Å². The van der Waals surface area contributed by atoms with E-state index < -0.39 is 24.3 Å². The number of nitrogens with zero attached hydrogens (tertiary/aromatic N) is 6. The second-order valence-electron chi connectivity index (χ2n) is 16.2. The van der Waals surface area contributed by atoms with Crippen molar-refractivity contribution < 1.29 is 33.4 Å². The van der Waals surface area contributed by atoms with E-state index in [1.807, 2.05) is 61.2 Å². The first-order valence-corrected chi connectivity index (χ1v) is 21.0. The summed E-state index contributed by atoms with van der Waals surface area (Å²) in [6, 6.07) is 12.0. The number of alkyl carbamates (subject to hydrolysis) is 2. The van der Waals surface area contributed by atoms with Gasteiger partial charge in [0, 0.05) is 37.4 Å². The van der Waals surface area contributed by atoms with Crippen LogP contribution in [0.2, 0.25) is 0 Å². The van der Waals surface area contributed by atoms with Crippen molar-refractivity contribution in [2.45, 2.75) is 76.5 Å². The number of hydrogen-bond acceptors (Lipinski definition) is 11. The molecule has 17 nitrogen and oxygen atoms in total. The predicted octanol–water partition coefficient (Wildman–Crippen LogP) is 5.94. The highest BCUT2D eigenvalue weighted by Gasteiger charge is 2.41. The zero-order valence-electron chi connectivity index (χ0n) is 34.8. The first kappa shape index (κ1) is 41.4. The molecule has 0 saturated carbocycles. The molecule has 3 aliphatic rings. The smallest absolute Gasteiger partial charge is 0.407 e. The number of carbonyl (C=O) groups excluding carboxylic acids is 4. The number of carbonyl (C=O) groups is 4. The maximum Gasteiger partial charge on any atom is 0.407 e. The maximum atomic E-state index is 14.0. The van der Waals surface area contributed by atoms with Crippen LogP contribution in [0.5, 0.6) is 0 Å². The van der Waals surface area contributed by atoms with Crippen LogP contribution in [0.3, 0.4) is 0 Å². The van der Waals surface area contributed by atoms with Crippen LogP contribution in [0.15, 0.2) is 61.1 Å². The minimum atomic E-state index is -0.700. The first-order valence-electron chi connectivity index (χ1n) is 21.0. The lowest BCUT2D eigenvalue weighted by Gasteiger charge is -2.34. The molecule has 6 heterocycles. The third-order valence-electron chi connectivity index (χ3n) is 12.1. The van der Waals surface area contributed by atoms with Crippen molar-refractivity contribution >= 4 is 35.0 Å². The Balaban J connectivity index is 0.936. The predicted molar refractivity (Wildman–Crippen MR) is 225 cm³/mol. The Morgan fingerprint density at radius 3 is 1.90 bits per heavy atom. The summed E-state index contributed by atoms with van der Waals surface area (Å²) < 4.78 is 15.1. The van der Waals surface area contributed by atoms with Gasteiger partial charge in [-0.2, -0.15) is 0 Å². The number of rotatable bonds is 11. The Morgan fingerprint density at radius 1 is 0.705 bits per heavy atom. The van der Waals surface area contributed by atoms with Crippen LogP contribution in [0.4, 0.5) is 9.59 Å². The summed E-state index contributed by atoms with van der Waals surface area (Å²) in [7, 11) is 2.59. The minimum Gasteiger partial charge on any atom is -0.453 e. The van der Waals surface area contributed by atoms with E-state index in [-0.39, 0.29) is 35.7 Å². The summed E-state index contributed by atoms with van der Waals surface area (Å²) in [5.41, 5.74) is 6.56. The van der Waals surface area contributed by atoms with Gasteiger partial charge in [0.15, 0.2) is 0 Å². The van der Waals surface area contributed by atoms with E-state index in [2.05, 4.69) is 25.6 Å². The van der Waals surface area contributed by atoms with Crippen LogP contribution in [-0.4, -0.2) is 116 Å². The van der Waals surface area contributed by atoms with E-state index in [4.69, 9.17) is 29.2 Å². The Bertz CT molecular complexity index is 2370. The van der Waals surface area contributed by atoms with Gasteiger partial charge < -0.3 is 44.6 Å². The molecule has 3 fully saturated rings. The molecular formula is C44H52N10O7. The summed E-state index contributed by atoms with van der Waals surface area (Å²) in [5, 5.41) is 5.50. The molecule has 0 bridgehead atoms. The van der Waals surface area contributed by atoms with Crippen molar-refractivity contribution in [1.82, 2.24) is 50.3 Å². The maximum absolute atomic E-state index is 14.0. The van der Waals surface area contributed by atoms with Crippen LogP contribution >= 0.6 is 0 Å². The lowest BCUT2D eigenvalue weighted by molar-refractivity contribution is -0.137. The molecule has 4 N–H and O–H groups in total. The summed E-state index contributed by atoms with van der Waals surface area (Å²) in [6.45, 7) is 6.05. The molecule has 1 unspecified atom stereocenters. The Hall–Kier alpha value is -6.36. The molecule has 0 spiro atoms. The van der Waals surface area contributed by atoms with Crippen molar-refractivity contribution in [3.8, 4) is 33.8 Å². The van der Waals surface area contributed by atoms with E-state index >= 15 is 0 Å². The molecule has 17 heteroatoms. The third kappa shape index (κ3) is 8.78. The Morgan fingerprint density at radius 2 is 1.28 bits per heavy atom. The van der Waals surface area contributed by atoms with Crippen molar-refractivity contribution in [2.24, 2.45) is 11.8 Å². The van der Waals surface area contributed by atoms with Crippen LogP contribution in [0, 0.1) is 11.8 Å². The number of imidazole rings is 2. The SMILES string of the molecule is COC(=O)NC(C(=O)N1CCC[C@H]1c1ncc(-c2ccc3nc(-c4ccc(-c5cnc([C@@H]6CCCN6C(=O)[C@@H](NC(=O)OC)C(C)C)[nH]5)cc4)cnc3c2)[nH]1)C1CCOCC1. The summed E-state index contributed by atoms with van der Waals surface area (Å²) in [4.78, 5) is 81.4. The third-order valence-corrected chi connectivity index (χ3v) is 12.1. The lowest BCUT2D eigenvalue weighted by Crippen LogP contribution is -2.53. The molecule has 8 rings (SSSR count). The van der Waals surface area contributed by atoms with E-state index in [0.717, 1.165) is 70.5 Å². The number of likely N-dealkylation sites (tertiary alicyclic amines) is 2. The highest BCUT2D eigenvalue weighted by atomic mass is 16.5. The number of H-pyrrole nitrogens is 2. The number of aromatic amines is 2. The summed E-state index contributed by atoms with van der Waals surface area (Å²) >= 11 is 0. The molecule has 4 amide bonds. The van der Waals surface area contributed by atoms with Gasteiger partial charge in [0.1, 0.15) is 23.7 Å². The van der Waals surface area contributed by atoms with E-state index in [1.54, 1.807) is 23.5 Å². The molecule has 0 radical (unpaired) electrons. The van der Waals surface area contributed by atoms with E-state index in [0.29, 0.717) is 50.8 Å². The number of nitrogens with one attached hydrogen (secondary N) is 4. The van der Waals surface area contributed by atoms with Gasteiger partial charge in [-0.15, -0.1) is 0 Å². The van der Waals surface area contributed by atoms with Crippen molar-refractivity contribution in [3.63, 3.8) is 0 Å². The molecule has 2 aromatic carbocycles. The molecular weight excluding hydrogens is 781 g/mol. The number of ether oxygens (including phenoxy) is 3. The van der Waals surface area contributed by atoms with Gasteiger partial charge in [-0.1, -0.05) is 44.2 Å². The van der Waals surface area contributed by atoms with Gasteiger partial charge in [-0.05, 0) is 68.1 Å². The van der Waals surface area contributed by atoms with Gasteiger partial charge >= 0.3 is 12.2 Å². The number of benzene rings is 2. The topological polar surface area (TPSA) is 210 Å². The molecule has 3 aromatic heterocycles. The second kappa shape index (κ2) is 18.1. The van der Waals surface area contributed by atoms with Gasteiger partial charge in [0.05, 0.1) is 73.0 Å². The normalized spacial score (nSPS) is 19.2. The monoisotopic (exact) mass is 832 g/mol. The second-order valence-corrected chi connectivity index (χ2v) is 16.2.